The van der Waals surface area contributed by atoms with E-state index >= 15 is 0 Å². The number of fused-ring (bicyclic) bond motifs is 1. The third-order valence-corrected chi connectivity index (χ3v) is 6.41. The Bertz CT molecular complexity index is 1050. The van der Waals surface area contributed by atoms with Gasteiger partial charge in [0.05, 0.1) is 5.69 Å². The molecule has 0 aromatic carbocycles. The minimum Gasteiger partial charge on any atom is -0.366 e. The summed E-state index contributed by atoms with van der Waals surface area (Å²) in [5.74, 6) is 4.51. The second kappa shape index (κ2) is 10.7. The first kappa shape index (κ1) is 23.8. The molecule has 0 bridgehead atoms. The van der Waals surface area contributed by atoms with E-state index in [0.717, 1.165) is 54.2 Å². The first-order chi connectivity index (χ1) is 15.3. The summed E-state index contributed by atoms with van der Waals surface area (Å²) in [7, 11) is 4.00. The van der Waals surface area contributed by atoms with Crippen molar-refractivity contribution >= 4 is 17.4 Å². The average Bonchev–Trinajstić information content (AvgIpc) is 3.19. The van der Waals surface area contributed by atoms with Gasteiger partial charge >= 0.3 is 0 Å². The van der Waals surface area contributed by atoms with E-state index in [9.17, 15) is 0 Å². The first-order valence-electron chi connectivity index (χ1n) is 11.7. The second-order valence-electron chi connectivity index (χ2n) is 9.29. The van der Waals surface area contributed by atoms with Gasteiger partial charge in [-0.1, -0.05) is 34.6 Å². The molecule has 32 heavy (non-hydrogen) atoms. The summed E-state index contributed by atoms with van der Waals surface area (Å²) in [6.45, 7) is 11.4. The molecule has 0 amide bonds. The van der Waals surface area contributed by atoms with Crippen molar-refractivity contribution in [1.82, 2.24) is 29.5 Å². The van der Waals surface area contributed by atoms with Crippen LogP contribution in [0, 0.1) is 17.8 Å². The molecule has 0 saturated carbocycles. The normalized spacial score (nSPS) is 14.2. The average molecular weight is 436 g/mol. The van der Waals surface area contributed by atoms with Crippen LogP contribution in [0.5, 0.6) is 0 Å². The van der Waals surface area contributed by atoms with Crippen LogP contribution in [0.1, 0.15) is 59.7 Å². The van der Waals surface area contributed by atoms with Crippen LogP contribution < -0.4 is 0 Å². The lowest BCUT2D eigenvalue weighted by molar-refractivity contribution is 0.281. The summed E-state index contributed by atoms with van der Waals surface area (Å²) in [6, 6.07) is 6.01. The predicted octanol–water partition coefficient (Wildman–Crippen LogP) is 5.44. The van der Waals surface area contributed by atoms with Gasteiger partial charge in [-0.05, 0) is 48.8 Å². The van der Waals surface area contributed by atoms with Crippen LogP contribution in [0.4, 0.5) is 5.95 Å². The third kappa shape index (κ3) is 5.69. The van der Waals surface area contributed by atoms with Crippen molar-refractivity contribution in [2.24, 2.45) is 22.7 Å². The summed E-state index contributed by atoms with van der Waals surface area (Å²) >= 11 is 0. The van der Waals surface area contributed by atoms with Crippen molar-refractivity contribution in [3.05, 3.63) is 36.4 Å². The molecule has 2 atom stereocenters. The van der Waals surface area contributed by atoms with Gasteiger partial charge in [0.15, 0.2) is 5.65 Å². The fourth-order valence-corrected chi connectivity index (χ4v) is 3.83. The van der Waals surface area contributed by atoms with Gasteiger partial charge in [0.25, 0.3) is 5.95 Å². The molecular weight excluding hydrogens is 398 g/mol. The molecule has 0 aliphatic carbocycles. The number of nitrogens with zero attached hydrogens (tertiary/aromatic N) is 7. The van der Waals surface area contributed by atoms with Gasteiger partial charge in [0.2, 0.25) is 0 Å². The molecule has 0 spiro atoms. The Morgan fingerprint density at radius 1 is 1.12 bits per heavy atom. The van der Waals surface area contributed by atoms with Gasteiger partial charge in [-0.3, -0.25) is 4.40 Å². The van der Waals surface area contributed by atoms with E-state index < -0.39 is 0 Å². The highest BCUT2D eigenvalue weighted by atomic mass is 15.2. The number of aryl methyl sites for hydroxylation is 1. The van der Waals surface area contributed by atoms with Crippen molar-refractivity contribution < 1.29 is 0 Å². The van der Waals surface area contributed by atoms with Gasteiger partial charge in [-0.15, -0.1) is 10.2 Å². The van der Waals surface area contributed by atoms with Gasteiger partial charge < -0.3 is 4.90 Å². The van der Waals surface area contributed by atoms with E-state index in [2.05, 4.69) is 70.2 Å². The SMILES string of the molecule is CCCC(=Nc1nccc(-c2ccn3c(CCC(C)C(C)C(C)C)nnc3c2)n1)N(C)C. The first-order valence-corrected chi connectivity index (χ1v) is 11.7. The summed E-state index contributed by atoms with van der Waals surface area (Å²) in [4.78, 5) is 15.7. The van der Waals surface area contributed by atoms with Crippen molar-refractivity contribution in [1.29, 1.82) is 0 Å². The number of hydrogen-bond acceptors (Lipinski definition) is 5. The van der Waals surface area contributed by atoms with Gasteiger partial charge in [-0.25, -0.2) is 9.97 Å². The Hall–Kier alpha value is -2.83. The zero-order valence-corrected chi connectivity index (χ0v) is 20.6. The maximum atomic E-state index is 4.67. The Morgan fingerprint density at radius 3 is 2.59 bits per heavy atom. The number of aromatic nitrogens is 5. The number of hydrogen-bond donors (Lipinski definition) is 0. The maximum Gasteiger partial charge on any atom is 0.251 e. The predicted molar refractivity (Wildman–Crippen MR) is 131 cm³/mol. The van der Waals surface area contributed by atoms with E-state index in [1.807, 2.05) is 37.3 Å². The molecule has 3 rings (SSSR count). The minimum atomic E-state index is 0.481. The van der Waals surface area contributed by atoms with E-state index in [1.54, 1.807) is 6.20 Å². The lowest BCUT2D eigenvalue weighted by Gasteiger charge is -2.23. The fourth-order valence-electron chi connectivity index (χ4n) is 3.83. The number of rotatable bonds is 9. The number of aliphatic imine (C=N–C) groups is 1. The molecule has 2 unspecified atom stereocenters. The van der Waals surface area contributed by atoms with Gasteiger partial charge in [-0.2, -0.15) is 4.99 Å². The lowest BCUT2D eigenvalue weighted by atomic mass is 9.83. The largest absolute Gasteiger partial charge is 0.366 e. The van der Waals surface area contributed by atoms with Crippen LogP contribution in [0.2, 0.25) is 0 Å². The molecule has 7 nitrogen and oxygen atoms in total. The van der Waals surface area contributed by atoms with Crippen LogP contribution in [0.15, 0.2) is 35.6 Å². The molecule has 0 N–H and O–H groups in total. The molecule has 7 heteroatoms. The molecule has 3 aromatic rings. The number of amidine groups is 1. The third-order valence-electron chi connectivity index (χ3n) is 6.41. The molecule has 0 fully saturated rings. The zero-order chi connectivity index (χ0) is 23.3. The summed E-state index contributed by atoms with van der Waals surface area (Å²) < 4.78 is 2.09. The van der Waals surface area contributed by atoms with Crippen LogP contribution in [0.25, 0.3) is 16.9 Å². The summed E-state index contributed by atoms with van der Waals surface area (Å²) in [5.41, 5.74) is 2.66. The standard InChI is InChI=1S/C25H37N7/c1-8-9-22(31(6)7)28-25-26-14-12-21(27-25)20-13-15-32-23(29-30-24(32)16-20)11-10-18(4)19(5)17(2)3/h12-19H,8-11H2,1-7H3. The van der Waals surface area contributed by atoms with E-state index in [1.165, 1.54) is 0 Å². The van der Waals surface area contributed by atoms with E-state index in [0.29, 0.717) is 23.7 Å². The zero-order valence-electron chi connectivity index (χ0n) is 20.6. The monoisotopic (exact) mass is 435 g/mol. The van der Waals surface area contributed by atoms with Crippen LogP contribution >= 0.6 is 0 Å². The van der Waals surface area contributed by atoms with Crippen LogP contribution in [0.3, 0.4) is 0 Å². The van der Waals surface area contributed by atoms with E-state index in [4.69, 9.17) is 0 Å². The Balaban J connectivity index is 1.81. The van der Waals surface area contributed by atoms with Crippen molar-refractivity contribution in [2.45, 2.75) is 60.3 Å². The van der Waals surface area contributed by atoms with Crippen molar-refractivity contribution in [2.75, 3.05) is 14.1 Å². The molecule has 172 valence electrons. The maximum absolute atomic E-state index is 4.67. The van der Waals surface area contributed by atoms with Crippen molar-refractivity contribution in [3.63, 3.8) is 0 Å². The molecule has 0 saturated heterocycles. The summed E-state index contributed by atoms with van der Waals surface area (Å²) in [6.07, 6.45) is 7.76. The van der Waals surface area contributed by atoms with Crippen molar-refractivity contribution in [3.8, 4) is 11.3 Å². The highest BCUT2D eigenvalue weighted by Gasteiger charge is 2.17. The second-order valence-corrected chi connectivity index (χ2v) is 9.29. The highest BCUT2D eigenvalue weighted by Crippen LogP contribution is 2.25. The molecular formula is C25H37N7. The smallest absolute Gasteiger partial charge is 0.251 e. The topological polar surface area (TPSA) is 71.6 Å². The Morgan fingerprint density at radius 2 is 1.91 bits per heavy atom. The van der Waals surface area contributed by atoms with Crippen LogP contribution in [-0.4, -0.2) is 49.4 Å². The fraction of sp³-hybridized carbons (Fsp3) is 0.560. The molecule has 0 radical (unpaired) electrons. The lowest BCUT2D eigenvalue weighted by Crippen LogP contribution is -2.21. The Kier molecular flexibility index (Phi) is 7.94. The molecule has 0 aliphatic heterocycles. The number of pyridine rings is 1. The highest BCUT2D eigenvalue weighted by molar-refractivity contribution is 5.83. The van der Waals surface area contributed by atoms with Gasteiger partial charge in [0.1, 0.15) is 11.7 Å². The molecule has 3 heterocycles. The summed E-state index contributed by atoms with van der Waals surface area (Å²) in [5, 5.41) is 8.87. The van der Waals surface area contributed by atoms with Gasteiger partial charge in [0, 0.05) is 44.9 Å². The molecule has 0 aliphatic rings. The molecule has 3 aromatic heterocycles. The quantitative estimate of drug-likeness (QED) is 0.331. The Labute approximate surface area is 192 Å². The van der Waals surface area contributed by atoms with E-state index in [-0.39, 0.29) is 0 Å². The van der Waals surface area contributed by atoms with Crippen LogP contribution in [-0.2, 0) is 6.42 Å². The minimum absolute atomic E-state index is 0.481.